The standard InChI is InChI=1S/C19H17NOS/c1-4-13-7-8-15-14(9-13)10-16(21-15)19-20-17-11(2)5-6-12(3)18(17)22-19/h5-10H,4H2,1-3H3. The van der Waals surface area contributed by atoms with Gasteiger partial charge in [0.1, 0.15) is 5.58 Å². The molecule has 2 heterocycles. The molecule has 0 aliphatic heterocycles. The minimum Gasteiger partial charge on any atom is -0.454 e. The Kier molecular flexibility index (Phi) is 3.05. The normalized spacial score (nSPS) is 11.6. The van der Waals surface area contributed by atoms with Gasteiger partial charge < -0.3 is 4.42 Å². The summed E-state index contributed by atoms with van der Waals surface area (Å²) in [7, 11) is 0. The van der Waals surface area contributed by atoms with Crippen molar-refractivity contribution in [2.75, 3.05) is 0 Å². The number of aromatic nitrogens is 1. The van der Waals surface area contributed by atoms with Crippen LogP contribution in [0, 0.1) is 13.8 Å². The Morgan fingerprint density at radius 2 is 1.86 bits per heavy atom. The summed E-state index contributed by atoms with van der Waals surface area (Å²) in [5.74, 6) is 0.864. The van der Waals surface area contributed by atoms with Crippen molar-refractivity contribution in [3.63, 3.8) is 0 Å². The van der Waals surface area contributed by atoms with Gasteiger partial charge in [0.2, 0.25) is 0 Å². The van der Waals surface area contributed by atoms with Crippen LogP contribution in [0.25, 0.3) is 32.0 Å². The lowest BCUT2D eigenvalue weighted by Crippen LogP contribution is -1.78. The number of rotatable bonds is 2. The van der Waals surface area contributed by atoms with E-state index in [1.54, 1.807) is 11.3 Å². The second kappa shape index (κ2) is 4.96. The molecular weight excluding hydrogens is 290 g/mol. The zero-order valence-corrected chi connectivity index (χ0v) is 13.8. The molecule has 0 bridgehead atoms. The van der Waals surface area contributed by atoms with Gasteiger partial charge in [-0.05, 0) is 55.2 Å². The Morgan fingerprint density at radius 3 is 2.64 bits per heavy atom. The number of hydrogen-bond donors (Lipinski definition) is 0. The quantitative estimate of drug-likeness (QED) is 0.461. The van der Waals surface area contributed by atoms with Crippen molar-refractivity contribution in [1.82, 2.24) is 4.98 Å². The Hall–Kier alpha value is -2.13. The smallest absolute Gasteiger partial charge is 0.164 e. The van der Waals surface area contributed by atoms with Crippen LogP contribution in [0.5, 0.6) is 0 Å². The van der Waals surface area contributed by atoms with E-state index in [-0.39, 0.29) is 0 Å². The third kappa shape index (κ3) is 2.04. The van der Waals surface area contributed by atoms with Crippen molar-refractivity contribution in [3.05, 3.63) is 53.1 Å². The van der Waals surface area contributed by atoms with Crippen molar-refractivity contribution in [2.45, 2.75) is 27.2 Å². The van der Waals surface area contributed by atoms with E-state index in [2.05, 4.69) is 57.2 Å². The van der Waals surface area contributed by atoms with Crippen LogP contribution in [0.2, 0.25) is 0 Å². The van der Waals surface area contributed by atoms with Crippen molar-refractivity contribution >= 4 is 32.5 Å². The maximum atomic E-state index is 6.01. The molecule has 0 amide bonds. The lowest BCUT2D eigenvalue weighted by atomic mass is 10.1. The number of thiazole rings is 1. The monoisotopic (exact) mass is 307 g/mol. The molecule has 110 valence electrons. The maximum Gasteiger partial charge on any atom is 0.164 e. The molecule has 2 nitrogen and oxygen atoms in total. The topological polar surface area (TPSA) is 26.0 Å². The van der Waals surface area contributed by atoms with Crippen LogP contribution in [0.3, 0.4) is 0 Å². The van der Waals surface area contributed by atoms with E-state index < -0.39 is 0 Å². The van der Waals surface area contributed by atoms with Gasteiger partial charge >= 0.3 is 0 Å². The molecule has 4 rings (SSSR count). The lowest BCUT2D eigenvalue weighted by molar-refractivity contribution is 0.631. The van der Waals surface area contributed by atoms with E-state index in [0.717, 1.165) is 33.7 Å². The molecule has 22 heavy (non-hydrogen) atoms. The summed E-state index contributed by atoms with van der Waals surface area (Å²) in [6.07, 6.45) is 1.04. The van der Waals surface area contributed by atoms with Crippen LogP contribution in [0.1, 0.15) is 23.6 Å². The largest absolute Gasteiger partial charge is 0.454 e. The summed E-state index contributed by atoms with van der Waals surface area (Å²) < 4.78 is 7.27. The molecular formula is C19H17NOS. The summed E-state index contributed by atoms with van der Waals surface area (Å²) in [4.78, 5) is 4.81. The number of furan rings is 1. The highest BCUT2D eigenvalue weighted by Gasteiger charge is 2.14. The molecule has 4 aromatic rings. The SMILES string of the molecule is CCc1ccc2oc(-c3nc4c(C)ccc(C)c4s3)cc2c1. The first-order valence-electron chi connectivity index (χ1n) is 7.55. The molecule has 0 fully saturated rings. The summed E-state index contributed by atoms with van der Waals surface area (Å²) in [5, 5.41) is 2.11. The van der Waals surface area contributed by atoms with E-state index in [0.29, 0.717) is 0 Å². The van der Waals surface area contributed by atoms with E-state index in [1.165, 1.54) is 21.4 Å². The highest BCUT2D eigenvalue weighted by atomic mass is 32.1. The highest BCUT2D eigenvalue weighted by Crippen LogP contribution is 2.36. The molecule has 0 aliphatic rings. The van der Waals surface area contributed by atoms with Crippen LogP contribution >= 0.6 is 11.3 Å². The zero-order chi connectivity index (χ0) is 15.3. The molecule has 0 aliphatic carbocycles. The second-order valence-corrected chi connectivity index (χ2v) is 6.73. The van der Waals surface area contributed by atoms with Crippen LogP contribution in [0.4, 0.5) is 0 Å². The van der Waals surface area contributed by atoms with Crippen molar-refractivity contribution < 1.29 is 4.42 Å². The Bertz CT molecular complexity index is 954. The van der Waals surface area contributed by atoms with Gasteiger partial charge in [0, 0.05) is 5.39 Å². The fraction of sp³-hybridized carbons (Fsp3) is 0.211. The van der Waals surface area contributed by atoms with Crippen LogP contribution < -0.4 is 0 Å². The molecule has 0 atom stereocenters. The van der Waals surface area contributed by atoms with E-state index >= 15 is 0 Å². The van der Waals surface area contributed by atoms with Crippen LogP contribution in [0.15, 0.2) is 40.8 Å². The van der Waals surface area contributed by atoms with Crippen molar-refractivity contribution in [3.8, 4) is 10.8 Å². The second-order valence-electron chi connectivity index (χ2n) is 5.73. The van der Waals surface area contributed by atoms with Crippen LogP contribution in [-0.2, 0) is 6.42 Å². The van der Waals surface area contributed by atoms with E-state index in [9.17, 15) is 0 Å². The fourth-order valence-electron chi connectivity index (χ4n) is 2.78. The predicted octanol–water partition coefficient (Wildman–Crippen LogP) is 5.89. The van der Waals surface area contributed by atoms with Gasteiger partial charge in [-0.15, -0.1) is 11.3 Å². The molecule has 2 aromatic heterocycles. The molecule has 0 spiro atoms. The van der Waals surface area contributed by atoms with Crippen molar-refractivity contribution in [2.24, 2.45) is 0 Å². The number of nitrogens with zero attached hydrogens (tertiary/aromatic N) is 1. The average Bonchev–Trinajstić information content (AvgIpc) is 3.14. The average molecular weight is 307 g/mol. The summed E-state index contributed by atoms with van der Waals surface area (Å²) >= 11 is 1.71. The Morgan fingerprint density at radius 1 is 1.05 bits per heavy atom. The summed E-state index contributed by atoms with van der Waals surface area (Å²) in [6.45, 7) is 6.41. The number of fused-ring (bicyclic) bond motifs is 2. The number of aryl methyl sites for hydroxylation is 3. The Balaban J connectivity index is 1.91. The number of hydrogen-bond acceptors (Lipinski definition) is 3. The highest BCUT2D eigenvalue weighted by molar-refractivity contribution is 7.21. The van der Waals surface area contributed by atoms with Gasteiger partial charge in [0.25, 0.3) is 0 Å². The minimum atomic E-state index is 0.864. The van der Waals surface area contributed by atoms with Gasteiger partial charge in [-0.1, -0.05) is 25.1 Å². The molecule has 0 unspecified atom stereocenters. The third-order valence-corrected chi connectivity index (χ3v) is 5.35. The molecule has 0 saturated heterocycles. The molecule has 0 radical (unpaired) electrons. The first-order valence-corrected chi connectivity index (χ1v) is 8.37. The molecule has 3 heteroatoms. The Labute approximate surface area is 133 Å². The molecule has 0 N–H and O–H groups in total. The fourth-order valence-corrected chi connectivity index (χ4v) is 3.85. The van der Waals surface area contributed by atoms with Gasteiger partial charge in [0.05, 0.1) is 10.2 Å². The van der Waals surface area contributed by atoms with Gasteiger partial charge in [-0.25, -0.2) is 4.98 Å². The van der Waals surface area contributed by atoms with E-state index in [4.69, 9.17) is 9.40 Å². The first-order chi connectivity index (χ1) is 10.7. The summed E-state index contributed by atoms with van der Waals surface area (Å²) in [5.41, 5.74) is 5.84. The number of benzene rings is 2. The van der Waals surface area contributed by atoms with Gasteiger partial charge in [-0.3, -0.25) is 0 Å². The third-order valence-electron chi connectivity index (χ3n) is 4.14. The van der Waals surface area contributed by atoms with Gasteiger partial charge in [0.15, 0.2) is 10.8 Å². The maximum absolute atomic E-state index is 6.01. The first kappa shape index (κ1) is 13.5. The molecule has 0 saturated carbocycles. The predicted molar refractivity (Wildman–Crippen MR) is 93.7 cm³/mol. The van der Waals surface area contributed by atoms with Gasteiger partial charge in [-0.2, -0.15) is 0 Å². The zero-order valence-electron chi connectivity index (χ0n) is 12.9. The van der Waals surface area contributed by atoms with E-state index in [1.807, 2.05) is 0 Å². The molecule has 2 aromatic carbocycles. The van der Waals surface area contributed by atoms with Crippen molar-refractivity contribution in [1.29, 1.82) is 0 Å². The summed E-state index contributed by atoms with van der Waals surface area (Å²) in [6, 6.07) is 12.8. The minimum absolute atomic E-state index is 0.864. The van der Waals surface area contributed by atoms with Crippen LogP contribution in [-0.4, -0.2) is 4.98 Å². The lowest BCUT2D eigenvalue weighted by Gasteiger charge is -1.96.